The zero-order valence-electron chi connectivity index (χ0n) is 13.8. The van der Waals surface area contributed by atoms with Crippen LogP contribution in [-0.4, -0.2) is 36.6 Å². The van der Waals surface area contributed by atoms with E-state index < -0.39 is 0 Å². The summed E-state index contributed by atoms with van der Waals surface area (Å²) < 4.78 is 0. The molecule has 1 aliphatic heterocycles. The van der Waals surface area contributed by atoms with Crippen LogP contribution in [0.2, 0.25) is 0 Å². The molecular weight excluding hydrogens is 232 g/mol. The first kappa shape index (κ1) is 17.0. The van der Waals surface area contributed by atoms with Crippen LogP contribution in [0, 0.1) is 5.92 Å². The molecule has 1 aliphatic rings. The second-order valence-electron chi connectivity index (χ2n) is 6.64. The van der Waals surface area contributed by atoms with Gasteiger partial charge in [0.15, 0.2) is 0 Å². The van der Waals surface area contributed by atoms with Crippen LogP contribution in [0.15, 0.2) is 0 Å². The Balaban J connectivity index is 2.54. The summed E-state index contributed by atoms with van der Waals surface area (Å²) in [6.45, 7) is 13.0. The number of hydrogen-bond donors (Lipinski definition) is 1. The third-order valence-electron chi connectivity index (χ3n) is 4.42. The van der Waals surface area contributed by atoms with Crippen LogP contribution in [0.1, 0.15) is 72.6 Å². The molecule has 2 heteroatoms. The van der Waals surface area contributed by atoms with Gasteiger partial charge in [0.1, 0.15) is 0 Å². The Morgan fingerprint density at radius 2 is 1.89 bits per heavy atom. The number of hydrogen-bond acceptors (Lipinski definition) is 2. The highest BCUT2D eigenvalue weighted by Crippen LogP contribution is 2.23. The first-order chi connectivity index (χ1) is 9.19. The van der Waals surface area contributed by atoms with Crippen LogP contribution >= 0.6 is 0 Å². The number of likely N-dealkylation sites (tertiary alicyclic amines) is 1. The van der Waals surface area contributed by atoms with Crippen LogP contribution in [0.3, 0.4) is 0 Å². The Morgan fingerprint density at radius 1 is 1.11 bits per heavy atom. The lowest BCUT2D eigenvalue weighted by molar-refractivity contribution is 0.122. The third kappa shape index (κ3) is 6.27. The molecule has 1 heterocycles. The lowest BCUT2D eigenvalue weighted by atomic mass is 10.0. The highest BCUT2D eigenvalue weighted by Gasteiger charge is 2.25. The summed E-state index contributed by atoms with van der Waals surface area (Å²) in [6, 6.07) is 1.59. The minimum absolute atomic E-state index is 0.756. The molecule has 1 rings (SSSR count). The summed E-state index contributed by atoms with van der Waals surface area (Å²) >= 11 is 0. The van der Waals surface area contributed by atoms with E-state index in [1.165, 1.54) is 58.0 Å². The van der Waals surface area contributed by atoms with E-state index in [1.807, 2.05) is 0 Å². The van der Waals surface area contributed by atoms with E-state index in [9.17, 15) is 0 Å². The minimum Gasteiger partial charge on any atom is -0.315 e. The zero-order valence-corrected chi connectivity index (χ0v) is 13.8. The normalized spacial score (nSPS) is 23.5. The summed E-state index contributed by atoms with van der Waals surface area (Å²) in [7, 11) is 0. The molecule has 0 aromatic rings. The zero-order chi connectivity index (χ0) is 14.1. The third-order valence-corrected chi connectivity index (χ3v) is 4.42. The molecule has 1 fully saturated rings. The van der Waals surface area contributed by atoms with E-state index in [0.29, 0.717) is 0 Å². The maximum Gasteiger partial charge on any atom is 0.0223 e. The standard InChI is InChI=1S/C17H36N2/c1-5-10-17(14-18-13-15(3)4)19-12-9-7-8-11-16(19)6-2/h15-18H,5-14H2,1-4H3. The van der Waals surface area contributed by atoms with Gasteiger partial charge in [-0.2, -0.15) is 0 Å². The van der Waals surface area contributed by atoms with Crippen molar-refractivity contribution in [3.63, 3.8) is 0 Å². The number of rotatable bonds is 8. The quantitative estimate of drug-likeness (QED) is 0.714. The molecule has 114 valence electrons. The highest BCUT2D eigenvalue weighted by molar-refractivity contribution is 4.82. The van der Waals surface area contributed by atoms with Crippen molar-refractivity contribution in [1.29, 1.82) is 0 Å². The molecule has 2 unspecified atom stereocenters. The Morgan fingerprint density at radius 3 is 2.53 bits per heavy atom. The van der Waals surface area contributed by atoms with E-state index in [-0.39, 0.29) is 0 Å². The molecule has 0 aliphatic carbocycles. The van der Waals surface area contributed by atoms with E-state index in [1.54, 1.807) is 0 Å². The molecule has 0 saturated carbocycles. The summed E-state index contributed by atoms with van der Waals surface area (Å²) in [5, 5.41) is 3.69. The Kier molecular flexibility index (Phi) is 8.72. The molecule has 0 amide bonds. The van der Waals surface area contributed by atoms with Crippen molar-refractivity contribution in [3.05, 3.63) is 0 Å². The van der Waals surface area contributed by atoms with Gasteiger partial charge in [-0.3, -0.25) is 4.90 Å². The van der Waals surface area contributed by atoms with Gasteiger partial charge in [-0.1, -0.05) is 47.0 Å². The van der Waals surface area contributed by atoms with Crippen LogP contribution in [-0.2, 0) is 0 Å². The molecule has 2 nitrogen and oxygen atoms in total. The minimum atomic E-state index is 0.756. The van der Waals surface area contributed by atoms with Gasteiger partial charge in [-0.25, -0.2) is 0 Å². The molecule has 19 heavy (non-hydrogen) atoms. The van der Waals surface area contributed by atoms with Gasteiger partial charge in [0.2, 0.25) is 0 Å². The Labute approximate surface area is 121 Å². The van der Waals surface area contributed by atoms with E-state index in [4.69, 9.17) is 0 Å². The summed E-state index contributed by atoms with van der Waals surface area (Å²) in [5.74, 6) is 0.758. The molecule has 0 aromatic heterocycles. The van der Waals surface area contributed by atoms with Crippen LogP contribution < -0.4 is 5.32 Å². The average molecular weight is 268 g/mol. The summed E-state index contributed by atoms with van der Waals surface area (Å²) in [4.78, 5) is 2.84. The first-order valence-corrected chi connectivity index (χ1v) is 8.65. The van der Waals surface area contributed by atoms with Gasteiger partial charge in [0.05, 0.1) is 0 Å². The number of nitrogens with one attached hydrogen (secondary N) is 1. The van der Waals surface area contributed by atoms with Crippen molar-refractivity contribution >= 4 is 0 Å². The van der Waals surface area contributed by atoms with Gasteiger partial charge < -0.3 is 5.32 Å². The van der Waals surface area contributed by atoms with Gasteiger partial charge in [-0.15, -0.1) is 0 Å². The molecule has 0 aromatic carbocycles. The number of nitrogens with zero attached hydrogens (tertiary/aromatic N) is 1. The fourth-order valence-electron chi connectivity index (χ4n) is 3.38. The van der Waals surface area contributed by atoms with Crippen molar-refractivity contribution in [2.45, 2.75) is 84.7 Å². The molecule has 2 atom stereocenters. The maximum absolute atomic E-state index is 3.69. The lowest BCUT2D eigenvalue weighted by Gasteiger charge is -2.37. The second-order valence-corrected chi connectivity index (χ2v) is 6.64. The first-order valence-electron chi connectivity index (χ1n) is 8.65. The smallest absolute Gasteiger partial charge is 0.0223 e. The van der Waals surface area contributed by atoms with Gasteiger partial charge in [-0.05, 0) is 44.7 Å². The molecule has 0 spiro atoms. The fourth-order valence-corrected chi connectivity index (χ4v) is 3.38. The van der Waals surface area contributed by atoms with Gasteiger partial charge in [0, 0.05) is 18.6 Å². The van der Waals surface area contributed by atoms with Crippen LogP contribution in [0.5, 0.6) is 0 Å². The predicted molar refractivity (Wildman–Crippen MR) is 85.7 cm³/mol. The molecule has 0 radical (unpaired) electrons. The van der Waals surface area contributed by atoms with E-state index in [0.717, 1.165) is 24.5 Å². The average Bonchev–Trinajstić information content (AvgIpc) is 2.62. The second kappa shape index (κ2) is 9.77. The van der Waals surface area contributed by atoms with E-state index in [2.05, 4.69) is 37.9 Å². The predicted octanol–water partition coefficient (Wildman–Crippen LogP) is 4.06. The van der Waals surface area contributed by atoms with Crippen LogP contribution in [0.4, 0.5) is 0 Å². The van der Waals surface area contributed by atoms with E-state index >= 15 is 0 Å². The lowest BCUT2D eigenvalue weighted by Crippen LogP contribution is -2.48. The topological polar surface area (TPSA) is 15.3 Å². The van der Waals surface area contributed by atoms with Gasteiger partial charge in [0.25, 0.3) is 0 Å². The fraction of sp³-hybridized carbons (Fsp3) is 1.00. The largest absolute Gasteiger partial charge is 0.315 e. The van der Waals surface area contributed by atoms with Crippen molar-refractivity contribution in [2.75, 3.05) is 19.6 Å². The summed E-state index contributed by atoms with van der Waals surface area (Å²) in [5.41, 5.74) is 0. The molecule has 1 saturated heterocycles. The Bertz CT molecular complexity index is 215. The summed E-state index contributed by atoms with van der Waals surface area (Å²) in [6.07, 6.45) is 9.67. The molecule has 0 bridgehead atoms. The molecular formula is C17H36N2. The monoisotopic (exact) mass is 268 g/mol. The van der Waals surface area contributed by atoms with Crippen LogP contribution in [0.25, 0.3) is 0 Å². The SMILES string of the molecule is CCCC(CNCC(C)C)N1CCCCCC1CC. The highest BCUT2D eigenvalue weighted by atomic mass is 15.2. The van der Waals surface area contributed by atoms with Crippen molar-refractivity contribution in [1.82, 2.24) is 10.2 Å². The van der Waals surface area contributed by atoms with Gasteiger partial charge >= 0.3 is 0 Å². The van der Waals surface area contributed by atoms with Crippen molar-refractivity contribution < 1.29 is 0 Å². The molecule has 1 N–H and O–H groups in total. The Hall–Kier alpha value is -0.0800. The maximum atomic E-state index is 3.69. The van der Waals surface area contributed by atoms with Crippen molar-refractivity contribution in [2.24, 2.45) is 5.92 Å². The van der Waals surface area contributed by atoms with Crippen molar-refractivity contribution in [3.8, 4) is 0 Å².